The van der Waals surface area contributed by atoms with Crippen LogP contribution in [0, 0.1) is 22.7 Å². The third-order valence-corrected chi connectivity index (χ3v) is 9.14. The maximum atomic E-state index is 13.0. The molecule has 0 radical (unpaired) electrons. The van der Waals surface area contributed by atoms with Crippen molar-refractivity contribution in [3.63, 3.8) is 0 Å². The van der Waals surface area contributed by atoms with Crippen LogP contribution >= 0.6 is 0 Å². The van der Waals surface area contributed by atoms with Gasteiger partial charge in [0.1, 0.15) is 24.4 Å². The Bertz CT molecular complexity index is 1150. The van der Waals surface area contributed by atoms with Crippen LogP contribution in [0.25, 0.3) is 0 Å². The first-order chi connectivity index (χ1) is 18.9. The summed E-state index contributed by atoms with van der Waals surface area (Å²) in [5, 5.41) is 12.6. The van der Waals surface area contributed by atoms with Gasteiger partial charge in [0.05, 0.1) is 5.92 Å². The monoisotopic (exact) mass is 578 g/mol. The molecule has 0 bridgehead atoms. The van der Waals surface area contributed by atoms with Crippen LogP contribution in [0.4, 0.5) is 0 Å². The second kappa shape index (κ2) is 11.6. The van der Waals surface area contributed by atoms with Gasteiger partial charge >= 0.3 is 29.8 Å². The number of cyclic esters (lactones) is 1. The lowest BCUT2D eigenvalue weighted by Gasteiger charge is -2.67. The van der Waals surface area contributed by atoms with Crippen LogP contribution in [-0.4, -0.2) is 71.6 Å². The smallest absolute Gasteiger partial charge is 0.331 e. The van der Waals surface area contributed by atoms with Gasteiger partial charge in [0, 0.05) is 50.0 Å². The Hall–Kier alpha value is -3.21. The van der Waals surface area contributed by atoms with Gasteiger partial charge in [-0.25, -0.2) is 4.79 Å². The summed E-state index contributed by atoms with van der Waals surface area (Å²) in [4.78, 5) is 62.3. The van der Waals surface area contributed by atoms with Gasteiger partial charge in [-0.2, -0.15) is 0 Å². The SMILES string of the molecule is C=C1CCC(OC(C)=O)C2C1(C)C(OC(C)=O)C(OC(=O)C(C)C)C(C)(O)C2(C)C(CC1=CC(=O)OC1)OC(C)=O. The lowest BCUT2D eigenvalue weighted by atomic mass is 9.41. The summed E-state index contributed by atoms with van der Waals surface area (Å²) in [6, 6.07) is 0. The molecule has 0 aromatic rings. The Morgan fingerprint density at radius 2 is 1.63 bits per heavy atom. The first-order valence-electron chi connectivity index (χ1n) is 13.9. The third-order valence-electron chi connectivity index (χ3n) is 9.14. The predicted octanol–water partition coefficient (Wildman–Crippen LogP) is 2.97. The Kier molecular flexibility index (Phi) is 9.13. The van der Waals surface area contributed by atoms with E-state index in [4.69, 9.17) is 23.7 Å². The number of hydrogen-bond donors (Lipinski definition) is 1. The van der Waals surface area contributed by atoms with Gasteiger partial charge in [0.25, 0.3) is 0 Å². The topological polar surface area (TPSA) is 152 Å². The zero-order valence-corrected chi connectivity index (χ0v) is 25.1. The van der Waals surface area contributed by atoms with Crippen molar-refractivity contribution in [1.29, 1.82) is 0 Å². The van der Waals surface area contributed by atoms with E-state index in [9.17, 15) is 29.1 Å². The van der Waals surface area contributed by atoms with E-state index >= 15 is 0 Å². The Morgan fingerprint density at radius 3 is 2.12 bits per heavy atom. The van der Waals surface area contributed by atoms with Crippen LogP contribution in [0.3, 0.4) is 0 Å². The summed E-state index contributed by atoms with van der Waals surface area (Å²) in [5.41, 5.74) is -3.64. The minimum atomic E-state index is -2.04. The molecule has 2 saturated carbocycles. The molecule has 0 amide bonds. The summed E-state index contributed by atoms with van der Waals surface area (Å²) < 4.78 is 28.6. The lowest BCUT2D eigenvalue weighted by molar-refractivity contribution is -0.313. The van der Waals surface area contributed by atoms with E-state index in [1.54, 1.807) is 27.7 Å². The maximum absolute atomic E-state index is 13.0. The Balaban J connectivity index is 2.37. The van der Waals surface area contributed by atoms with Crippen molar-refractivity contribution in [3.8, 4) is 0 Å². The zero-order valence-electron chi connectivity index (χ0n) is 25.1. The van der Waals surface area contributed by atoms with Crippen molar-refractivity contribution in [2.24, 2.45) is 22.7 Å². The van der Waals surface area contributed by atoms with Crippen molar-refractivity contribution < 1.29 is 52.8 Å². The molecule has 2 fully saturated rings. The predicted molar refractivity (Wildman–Crippen MR) is 144 cm³/mol. The number of carbonyl (C=O) groups is 5. The summed E-state index contributed by atoms with van der Waals surface area (Å²) in [7, 11) is 0. The maximum Gasteiger partial charge on any atom is 0.331 e. The highest BCUT2D eigenvalue weighted by Gasteiger charge is 2.75. The largest absolute Gasteiger partial charge is 0.462 e. The standard InChI is InChI=1S/C30H42O11/c1-15(2)27(35)41-26-25(40-19(6)33)28(7)16(3)10-11-21(38-17(4)31)24(28)29(8,30(26,9)36)22(39-18(5)32)12-20-13-23(34)37-14-20/h13,15,21-22,24-26,36H,3,10-12,14H2,1-2,4-9H3. The molecule has 228 valence electrons. The molecule has 3 aliphatic rings. The van der Waals surface area contributed by atoms with Gasteiger partial charge < -0.3 is 28.8 Å². The third kappa shape index (κ3) is 5.78. The molecule has 0 spiro atoms. The van der Waals surface area contributed by atoms with E-state index in [0.29, 0.717) is 24.0 Å². The fourth-order valence-electron chi connectivity index (χ4n) is 6.99. The molecule has 8 unspecified atom stereocenters. The van der Waals surface area contributed by atoms with Gasteiger partial charge in [0.15, 0.2) is 12.2 Å². The molecule has 1 aliphatic heterocycles. The van der Waals surface area contributed by atoms with Crippen molar-refractivity contribution in [3.05, 3.63) is 23.8 Å². The molecule has 1 heterocycles. The van der Waals surface area contributed by atoms with E-state index in [-0.39, 0.29) is 13.0 Å². The molecule has 2 aliphatic carbocycles. The number of esters is 5. The quantitative estimate of drug-likeness (QED) is 0.257. The van der Waals surface area contributed by atoms with Gasteiger partial charge in [-0.15, -0.1) is 0 Å². The van der Waals surface area contributed by atoms with Crippen molar-refractivity contribution in [1.82, 2.24) is 0 Å². The van der Waals surface area contributed by atoms with Gasteiger partial charge in [-0.1, -0.05) is 39.8 Å². The molecule has 41 heavy (non-hydrogen) atoms. The number of fused-ring (bicyclic) bond motifs is 1. The minimum Gasteiger partial charge on any atom is -0.462 e. The van der Waals surface area contributed by atoms with Gasteiger partial charge in [-0.3, -0.25) is 19.2 Å². The molecule has 0 aromatic carbocycles. The Morgan fingerprint density at radius 1 is 1.02 bits per heavy atom. The van der Waals surface area contributed by atoms with E-state index in [1.807, 2.05) is 0 Å². The van der Waals surface area contributed by atoms with E-state index < -0.39 is 82.5 Å². The van der Waals surface area contributed by atoms with Crippen LogP contribution < -0.4 is 0 Å². The van der Waals surface area contributed by atoms with Crippen LogP contribution in [0.15, 0.2) is 23.8 Å². The molecule has 11 heteroatoms. The minimum absolute atomic E-state index is 0.00705. The second-order valence-corrected chi connectivity index (χ2v) is 12.2. The number of carbonyl (C=O) groups excluding carboxylic acids is 5. The highest BCUT2D eigenvalue weighted by atomic mass is 16.6. The molecule has 1 N–H and O–H groups in total. The Labute approximate surface area is 240 Å². The summed E-state index contributed by atoms with van der Waals surface area (Å²) >= 11 is 0. The van der Waals surface area contributed by atoms with E-state index in [1.165, 1.54) is 33.8 Å². The number of ether oxygens (including phenoxy) is 5. The summed E-state index contributed by atoms with van der Waals surface area (Å²) in [6.07, 6.45) is -2.59. The average Bonchev–Trinajstić information content (AvgIpc) is 3.25. The van der Waals surface area contributed by atoms with Crippen LogP contribution in [0.2, 0.25) is 0 Å². The first-order valence-corrected chi connectivity index (χ1v) is 13.9. The average molecular weight is 579 g/mol. The molecule has 11 nitrogen and oxygen atoms in total. The van der Waals surface area contributed by atoms with Crippen LogP contribution in [0.1, 0.15) is 74.7 Å². The summed E-state index contributed by atoms with van der Waals surface area (Å²) in [6.45, 7) is 16.1. The van der Waals surface area contributed by atoms with Crippen molar-refractivity contribution >= 4 is 29.8 Å². The number of aliphatic hydroxyl groups is 1. The molecular weight excluding hydrogens is 536 g/mol. The summed E-state index contributed by atoms with van der Waals surface area (Å²) in [5.74, 6) is -4.52. The van der Waals surface area contributed by atoms with E-state index in [2.05, 4.69) is 6.58 Å². The first kappa shape index (κ1) is 32.3. The number of hydrogen-bond acceptors (Lipinski definition) is 11. The van der Waals surface area contributed by atoms with Crippen molar-refractivity contribution in [2.45, 2.75) is 105 Å². The van der Waals surface area contributed by atoms with Crippen LogP contribution in [0.5, 0.6) is 0 Å². The van der Waals surface area contributed by atoms with Crippen LogP contribution in [-0.2, 0) is 47.7 Å². The zero-order chi connectivity index (χ0) is 31.1. The highest BCUT2D eigenvalue weighted by Crippen LogP contribution is 2.66. The molecule has 0 saturated heterocycles. The van der Waals surface area contributed by atoms with Gasteiger partial charge in [0.2, 0.25) is 0 Å². The second-order valence-electron chi connectivity index (χ2n) is 12.2. The molecule has 0 aromatic heterocycles. The molecule has 3 rings (SSSR count). The normalized spacial score (nSPS) is 35.5. The highest BCUT2D eigenvalue weighted by molar-refractivity contribution is 5.85. The molecule has 8 atom stereocenters. The molecular formula is C30H42O11. The number of rotatable bonds is 8. The fraction of sp³-hybridized carbons (Fsp3) is 0.700. The fourth-order valence-corrected chi connectivity index (χ4v) is 6.99. The lowest BCUT2D eigenvalue weighted by Crippen LogP contribution is -2.78. The van der Waals surface area contributed by atoms with Crippen molar-refractivity contribution in [2.75, 3.05) is 6.61 Å². The van der Waals surface area contributed by atoms with Gasteiger partial charge in [-0.05, 0) is 25.3 Å². The van der Waals surface area contributed by atoms with E-state index in [0.717, 1.165) is 0 Å².